The van der Waals surface area contributed by atoms with E-state index in [1.54, 1.807) is 0 Å². The van der Waals surface area contributed by atoms with Gasteiger partial charge in [-0.1, -0.05) is 19.4 Å². The van der Waals surface area contributed by atoms with E-state index >= 15 is 0 Å². The first-order valence-electron chi connectivity index (χ1n) is 6.83. The number of aryl methyl sites for hydroxylation is 2. The third-order valence-corrected chi connectivity index (χ3v) is 4.20. The van der Waals surface area contributed by atoms with Crippen LogP contribution in [0.25, 0.3) is 10.9 Å². The van der Waals surface area contributed by atoms with Crippen molar-refractivity contribution >= 4 is 16.7 Å². The molecule has 0 spiro atoms. The van der Waals surface area contributed by atoms with Gasteiger partial charge in [-0.25, -0.2) is 0 Å². The second kappa shape index (κ2) is 4.27. The number of Topliss-reactive ketones (excluding diaryl/α,β-unsaturated/α-hetero) is 1. The molecule has 94 valence electrons. The van der Waals surface area contributed by atoms with Gasteiger partial charge in [0.15, 0.2) is 5.78 Å². The summed E-state index contributed by atoms with van der Waals surface area (Å²) in [4.78, 5) is 12.4. The molecule has 0 N–H and O–H groups in total. The lowest BCUT2D eigenvalue weighted by molar-refractivity contribution is 0.0857. The van der Waals surface area contributed by atoms with Gasteiger partial charge in [0.05, 0.1) is 0 Å². The molecule has 1 aromatic heterocycles. The van der Waals surface area contributed by atoms with Gasteiger partial charge in [-0.2, -0.15) is 0 Å². The minimum atomic E-state index is 0.279. The molecule has 0 radical (unpaired) electrons. The molecule has 1 saturated carbocycles. The van der Waals surface area contributed by atoms with Crippen LogP contribution < -0.4 is 0 Å². The Morgan fingerprint density at radius 2 is 2.17 bits per heavy atom. The number of carbonyl (C=O) groups is 1. The average molecular weight is 241 g/mol. The largest absolute Gasteiger partial charge is 0.350 e. The molecule has 3 rings (SSSR count). The highest BCUT2D eigenvalue weighted by atomic mass is 16.1. The van der Waals surface area contributed by atoms with Crippen molar-refractivity contribution < 1.29 is 4.79 Å². The number of fused-ring (bicyclic) bond motifs is 1. The maximum Gasteiger partial charge on any atom is 0.168 e. The molecule has 0 saturated heterocycles. The molecule has 0 amide bonds. The number of hydrogen-bond donors (Lipinski definition) is 0. The van der Waals surface area contributed by atoms with Crippen LogP contribution in [0.2, 0.25) is 0 Å². The van der Waals surface area contributed by atoms with Gasteiger partial charge in [0.25, 0.3) is 0 Å². The fourth-order valence-corrected chi connectivity index (χ4v) is 2.75. The zero-order valence-electron chi connectivity index (χ0n) is 11.1. The standard InChI is InChI=1S/C16H19NO/c1-3-11-7-8-15-13(9-11)14(10-17(15)2)16(18)12-5-4-6-12/h7-10,12H,3-6H2,1-2H3. The third kappa shape index (κ3) is 1.67. The quantitative estimate of drug-likeness (QED) is 0.751. The molecular formula is C16H19NO. The Labute approximate surface area is 108 Å². The van der Waals surface area contributed by atoms with E-state index in [9.17, 15) is 4.79 Å². The Morgan fingerprint density at radius 1 is 1.39 bits per heavy atom. The fraction of sp³-hybridized carbons (Fsp3) is 0.438. The van der Waals surface area contributed by atoms with E-state index in [2.05, 4.69) is 29.7 Å². The Morgan fingerprint density at radius 3 is 2.78 bits per heavy atom. The normalized spacial score (nSPS) is 15.9. The Balaban J connectivity index is 2.12. The summed E-state index contributed by atoms with van der Waals surface area (Å²) in [6.45, 7) is 2.15. The molecule has 0 atom stereocenters. The summed E-state index contributed by atoms with van der Waals surface area (Å²) in [6.07, 6.45) is 6.37. The van der Waals surface area contributed by atoms with E-state index in [0.29, 0.717) is 5.78 Å². The zero-order valence-corrected chi connectivity index (χ0v) is 11.1. The smallest absolute Gasteiger partial charge is 0.168 e. The van der Waals surface area contributed by atoms with Crippen LogP contribution in [0, 0.1) is 5.92 Å². The van der Waals surface area contributed by atoms with E-state index in [0.717, 1.165) is 35.7 Å². The Hall–Kier alpha value is -1.57. The van der Waals surface area contributed by atoms with Crippen molar-refractivity contribution in [3.63, 3.8) is 0 Å². The minimum absolute atomic E-state index is 0.279. The van der Waals surface area contributed by atoms with E-state index in [1.807, 2.05) is 13.2 Å². The number of nitrogens with zero attached hydrogens (tertiary/aromatic N) is 1. The Kier molecular flexibility index (Phi) is 2.73. The van der Waals surface area contributed by atoms with Crippen molar-refractivity contribution in [3.8, 4) is 0 Å². The molecule has 0 bridgehead atoms. The van der Waals surface area contributed by atoms with Gasteiger partial charge < -0.3 is 4.57 Å². The first-order valence-corrected chi connectivity index (χ1v) is 6.83. The highest BCUT2D eigenvalue weighted by molar-refractivity contribution is 6.09. The second-order valence-electron chi connectivity index (χ2n) is 5.35. The van der Waals surface area contributed by atoms with E-state index in [1.165, 1.54) is 12.0 Å². The Bertz CT molecular complexity index is 605. The zero-order chi connectivity index (χ0) is 12.7. The molecular weight excluding hydrogens is 222 g/mol. The van der Waals surface area contributed by atoms with Crippen LogP contribution in [0.1, 0.15) is 42.1 Å². The lowest BCUT2D eigenvalue weighted by atomic mass is 9.80. The van der Waals surface area contributed by atoms with Gasteiger partial charge in [0, 0.05) is 35.6 Å². The first kappa shape index (κ1) is 11.5. The number of benzene rings is 1. The predicted molar refractivity (Wildman–Crippen MR) is 74.0 cm³/mol. The molecule has 2 aromatic rings. The summed E-state index contributed by atoms with van der Waals surface area (Å²) in [7, 11) is 2.02. The molecule has 18 heavy (non-hydrogen) atoms. The summed E-state index contributed by atoms with van der Waals surface area (Å²) in [6, 6.07) is 6.47. The summed E-state index contributed by atoms with van der Waals surface area (Å²) >= 11 is 0. The summed E-state index contributed by atoms with van der Waals surface area (Å²) < 4.78 is 2.07. The summed E-state index contributed by atoms with van der Waals surface area (Å²) in [5.74, 6) is 0.626. The highest BCUT2D eigenvalue weighted by Gasteiger charge is 2.28. The van der Waals surface area contributed by atoms with Gasteiger partial charge in [-0.15, -0.1) is 0 Å². The lowest BCUT2D eigenvalue weighted by Gasteiger charge is -2.23. The first-order chi connectivity index (χ1) is 8.70. The SMILES string of the molecule is CCc1ccc2c(c1)c(C(=O)C1CCC1)cn2C. The van der Waals surface area contributed by atoms with Crippen LogP contribution in [-0.4, -0.2) is 10.4 Å². The van der Waals surface area contributed by atoms with Crippen LogP contribution in [-0.2, 0) is 13.5 Å². The number of ketones is 1. The topological polar surface area (TPSA) is 22.0 Å². The minimum Gasteiger partial charge on any atom is -0.350 e. The molecule has 1 aromatic carbocycles. The van der Waals surface area contributed by atoms with Crippen molar-refractivity contribution in [2.24, 2.45) is 13.0 Å². The number of rotatable bonds is 3. The maximum absolute atomic E-state index is 12.4. The molecule has 0 aliphatic heterocycles. The number of carbonyl (C=O) groups excluding carboxylic acids is 1. The van der Waals surface area contributed by atoms with Crippen LogP contribution in [0.4, 0.5) is 0 Å². The second-order valence-corrected chi connectivity index (χ2v) is 5.35. The molecule has 1 aliphatic carbocycles. The van der Waals surface area contributed by atoms with E-state index in [-0.39, 0.29) is 5.92 Å². The van der Waals surface area contributed by atoms with Gasteiger partial charge in [-0.05, 0) is 37.0 Å². The van der Waals surface area contributed by atoms with Gasteiger partial charge in [0.1, 0.15) is 0 Å². The fourth-order valence-electron chi connectivity index (χ4n) is 2.75. The van der Waals surface area contributed by atoms with E-state index < -0.39 is 0 Å². The molecule has 2 heteroatoms. The van der Waals surface area contributed by atoms with Crippen molar-refractivity contribution in [1.82, 2.24) is 4.57 Å². The van der Waals surface area contributed by atoms with Crippen molar-refractivity contribution in [3.05, 3.63) is 35.5 Å². The average Bonchev–Trinajstić information content (AvgIpc) is 2.64. The molecule has 2 nitrogen and oxygen atoms in total. The lowest BCUT2D eigenvalue weighted by Crippen LogP contribution is -2.21. The number of hydrogen-bond acceptors (Lipinski definition) is 1. The van der Waals surface area contributed by atoms with Crippen LogP contribution in [0.5, 0.6) is 0 Å². The van der Waals surface area contributed by atoms with Gasteiger partial charge in [0.2, 0.25) is 0 Å². The van der Waals surface area contributed by atoms with Crippen molar-refractivity contribution in [1.29, 1.82) is 0 Å². The van der Waals surface area contributed by atoms with Crippen LogP contribution in [0.15, 0.2) is 24.4 Å². The van der Waals surface area contributed by atoms with E-state index in [4.69, 9.17) is 0 Å². The molecule has 1 fully saturated rings. The summed E-state index contributed by atoms with van der Waals surface area (Å²) in [5.41, 5.74) is 3.39. The monoisotopic (exact) mass is 241 g/mol. The van der Waals surface area contributed by atoms with Gasteiger partial charge in [-0.3, -0.25) is 4.79 Å². The molecule has 0 unspecified atom stereocenters. The van der Waals surface area contributed by atoms with Crippen LogP contribution >= 0.6 is 0 Å². The van der Waals surface area contributed by atoms with Crippen LogP contribution in [0.3, 0.4) is 0 Å². The predicted octanol–water partition coefficient (Wildman–Crippen LogP) is 3.72. The van der Waals surface area contributed by atoms with Crippen molar-refractivity contribution in [2.45, 2.75) is 32.6 Å². The number of aromatic nitrogens is 1. The van der Waals surface area contributed by atoms with Gasteiger partial charge >= 0.3 is 0 Å². The molecule has 1 heterocycles. The maximum atomic E-state index is 12.4. The summed E-state index contributed by atoms with van der Waals surface area (Å²) in [5, 5.41) is 1.13. The molecule has 1 aliphatic rings. The third-order valence-electron chi connectivity index (χ3n) is 4.20. The highest BCUT2D eigenvalue weighted by Crippen LogP contribution is 2.33. The van der Waals surface area contributed by atoms with Crippen molar-refractivity contribution in [2.75, 3.05) is 0 Å².